The van der Waals surface area contributed by atoms with Crippen LogP contribution >= 0.6 is 22.7 Å². The lowest BCUT2D eigenvalue weighted by atomic mass is 10.3. The lowest BCUT2D eigenvalue weighted by molar-refractivity contribution is -0.142. The summed E-state index contributed by atoms with van der Waals surface area (Å²) in [7, 11) is 2.03. The maximum absolute atomic E-state index is 12.3. The number of hydrogen-bond acceptors (Lipinski definition) is 9. The van der Waals surface area contributed by atoms with E-state index in [2.05, 4.69) is 25.5 Å². The zero-order chi connectivity index (χ0) is 21.5. The summed E-state index contributed by atoms with van der Waals surface area (Å²) in [5.74, 6) is -0.622. The number of rotatable bonds is 7. The Bertz CT molecular complexity index is 891. The summed E-state index contributed by atoms with van der Waals surface area (Å²) >= 11 is 2.53. The van der Waals surface area contributed by atoms with E-state index in [0.29, 0.717) is 41.3 Å². The van der Waals surface area contributed by atoms with Gasteiger partial charge in [0.2, 0.25) is 5.91 Å². The van der Waals surface area contributed by atoms with Crippen LogP contribution in [0.3, 0.4) is 0 Å². The van der Waals surface area contributed by atoms with Gasteiger partial charge in [-0.25, -0.2) is 14.8 Å². The number of hydrogen-bond donors (Lipinski definition) is 2. The predicted octanol–water partition coefficient (Wildman–Crippen LogP) is 1.67. The third kappa shape index (κ3) is 6.47. The van der Waals surface area contributed by atoms with Crippen molar-refractivity contribution in [1.82, 2.24) is 19.8 Å². The largest absolute Gasteiger partial charge is 0.466 e. The Labute approximate surface area is 182 Å². The van der Waals surface area contributed by atoms with E-state index in [1.54, 1.807) is 22.6 Å². The van der Waals surface area contributed by atoms with Crippen molar-refractivity contribution in [2.75, 3.05) is 50.5 Å². The summed E-state index contributed by atoms with van der Waals surface area (Å²) in [6.45, 7) is 5.10. The van der Waals surface area contributed by atoms with E-state index < -0.39 is 0 Å². The van der Waals surface area contributed by atoms with Crippen molar-refractivity contribution < 1.29 is 19.1 Å². The molecule has 1 aliphatic heterocycles. The third-order valence-electron chi connectivity index (χ3n) is 4.33. The first-order valence-corrected chi connectivity index (χ1v) is 11.3. The van der Waals surface area contributed by atoms with Gasteiger partial charge < -0.3 is 19.9 Å². The molecular weight excluding hydrogens is 428 g/mol. The minimum absolute atomic E-state index is 0.0632. The van der Waals surface area contributed by atoms with Crippen molar-refractivity contribution in [3.8, 4) is 0 Å². The summed E-state index contributed by atoms with van der Waals surface area (Å²) in [4.78, 5) is 48.5. The monoisotopic (exact) mass is 452 g/mol. The van der Waals surface area contributed by atoms with Crippen LogP contribution in [0.15, 0.2) is 10.8 Å². The fourth-order valence-corrected chi connectivity index (χ4v) is 4.19. The molecule has 0 spiro atoms. The number of carbonyl (C=O) groups is 3. The maximum atomic E-state index is 12.3. The Morgan fingerprint density at radius 1 is 1.00 bits per heavy atom. The zero-order valence-electron chi connectivity index (χ0n) is 16.8. The smallest absolute Gasteiger partial charge is 0.323 e. The molecule has 30 heavy (non-hydrogen) atoms. The summed E-state index contributed by atoms with van der Waals surface area (Å²) in [6, 6.07) is -0.176. The number of likely N-dealkylation sites (N-methyl/N-ethyl adjacent to an activating group) is 1. The minimum Gasteiger partial charge on any atom is -0.466 e. The van der Waals surface area contributed by atoms with E-state index in [9.17, 15) is 14.4 Å². The first-order valence-electron chi connectivity index (χ1n) is 9.51. The van der Waals surface area contributed by atoms with Gasteiger partial charge in [0.05, 0.1) is 30.8 Å². The molecular formula is C18H24N6O4S2. The highest BCUT2D eigenvalue weighted by Crippen LogP contribution is 2.19. The number of aromatic nitrogens is 2. The number of piperazine rings is 1. The second kappa shape index (κ2) is 10.5. The molecule has 12 heteroatoms. The number of thiazole rings is 2. The van der Waals surface area contributed by atoms with Crippen LogP contribution in [-0.2, 0) is 27.2 Å². The Balaban J connectivity index is 1.46. The SMILES string of the molecule is CCOC(=O)Cc1csc(NC(=O)Cc2csc(NC(=O)N3CCN(C)CC3)n2)n1. The summed E-state index contributed by atoms with van der Waals surface area (Å²) in [5, 5.41) is 9.83. The van der Waals surface area contributed by atoms with Crippen LogP contribution in [0.4, 0.5) is 15.1 Å². The molecule has 0 aromatic carbocycles. The number of anilines is 2. The van der Waals surface area contributed by atoms with E-state index in [1.807, 2.05) is 7.05 Å². The van der Waals surface area contributed by atoms with Crippen molar-refractivity contribution in [3.63, 3.8) is 0 Å². The van der Waals surface area contributed by atoms with Gasteiger partial charge >= 0.3 is 12.0 Å². The van der Waals surface area contributed by atoms with Crippen molar-refractivity contribution in [3.05, 3.63) is 22.1 Å². The van der Waals surface area contributed by atoms with E-state index >= 15 is 0 Å². The van der Waals surface area contributed by atoms with Crippen LogP contribution in [0.25, 0.3) is 0 Å². The number of ether oxygens (including phenoxy) is 1. The van der Waals surface area contributed by atoms with Crippen molar-refractivity contribution in [1.29, 1.82) is 0 Å². The fourth-order valence-electron chi connectivity index (χ4n) is 2.76. The van der Waals surface area contributed by atoms with E-state index in [-0.39, 0.29) is 30.7 Å². The standard InChI is InChI=1S/C18H24N6O4S2/c1-3-28-15(26)9-13-11-29-16(20-13)21-14(25)8-12-10-30-17(19-12)22-18(27)24-6-4-23(2)5-7-24/h10-11H,3-9H2,1-2H3,(H,19,22,27)(H,20,21,25). The van der Waals surface area contributed by atoms with Gasteiger partial charge in [0, 0.05) is 36.9 Å². The number of amides is 3. The Hall–Kier alpha value is -2.57. The Morgan fingerprint density at radius 3 is 2.23 bits per heavy atom. The molecule has 0 bridgehead atoms. The van der Waals surface area contributed by atoms with Gasteiger partial charge in [-0.15, -0.1) is 22.7 Å². The van der Waals surface area contributed by atoms with E-state index in [4.69, 9.17) is 4.74 Å². The Morgan fingerprint density at radius 2 is 1.60 bits per heavy atom. The summed E-state index contributed by atoms with van der Waals surface area (Å²) in [5.41, 5.74) is 1.12. The van der Waals surface area contributed by atoms with Gasteiger partial charge in [0.25, 0.3) is 0 Å². The first-order chi connectivity index (χ1) is 14.4. The molecule has 0 aliphatic carbocycles. The maximum Gasteiger partial charge on any atom is 0.323 e. The molecule has 0 atom stereocenters. The molecule has 3 rings (SSSR count). The van der Waals surface area contributed by atoms with Crippen molar-refractivity contribution >= 4 is 50.8 Å². The lowest BCUT2D eigenvalue weighted by Crippen LogP contribution is -2.48. The second-order valence-corrected chi connectivity index (χ2v) is 8.43. The van der Waals surface area contributed by atoms with Crippen LogP contribution in [0, 0.1) is 0 Å². The van der Waals surface area contributed by atoms with E-state index in [1.165, 1.54) is 22.7 Å². The van der Waals surface area contributed by atoms with Crippen LogP contribution < -0.4 is 10.6 Å². The molecule has 1 fully saturated rings. The molecule has 3 amide bonds. The average molecular weight is 453 g/mol. The van der Waals surface area contributed by atoms with E-state index in [0.717, 1.165) is 13.1 Å². The topological polar surface area (TPSA) is 117 Å². The van der Waals surface area contributed by atoms with Crippen LogP contribution in [0.5, 0.6) is 0 Å². The zero-order valence-corrected chi connectivity index (χ0v) is 18.5. The number of nitrogens with zero attached hydrogens (tertiary/aromatic N) is 4. The minimum atomic E-state index is -0.353. The first kappa shape index (κ1) is 22.1. The molecule has 2 aromatic rings. The van der Waals surface area contributed by atoms with Gasteiger partial charge in [0.15, 0.2) is 10.3 Å². The number of carbonyl (C=O) groups excluding carboxylic acids is 3. The van der Waals surface area contributed by atoms with Crippen LogP contribution in [-0.4, -0.2) is 77.5 Å². The molecule has 2 N–H and O–H groups in total. The highest BCUT2D eigenvalue weighted by atomic mass is 32.1. The van der Waals surface area contributed by atoms with Gasteiger partial charge in [-0.3, -0.25) is 14.9 Å². The summed E-state index contributed by atoms with van der Waals surface area (Å²) < 4.78 is 4.88. The molecule has 0 radical (unpaired) electrons. The normalized spacial score (nSPS) is 14.4. The van der Waals surface area contributed by atoms with Gasteiger partial charge in [-0.2, -0.15) is 0 Å². The highest BCUT2D eigenvalue weighted by Gasteiger charge is 2.20. The number of urea groups is 1. The van der Waals surface area contributed by atoms with Crippen molar-refractivity contribution in [2.45, 2.75) is 19.8 Å². The highest BCUT2D eigenvalue weighted by molar-refractivity contribution is 7.14. The molecule has 162 valence electrons. The number of nitrogens with one attached hydrogen (secondary N) is 2. The second-order valence-electron chi connectivity index (χ2n) is 6.72. The molecule has 0 unspecified atom stereocenters. The molecule has 0 saturated carbocycles. The Kier molecular flexibility index (Phi) is 7.71. The van der Waals surface area contributed by atoms with Gasteiger partial charge in [-0.1, -0.05) is 0 Å². The predicted molar refractivity (Wildman–Crippen MR) is 115 cm³/mol. The molecule has 10 nitrogen and oxygen atoms in total. The van der Waals surface area contributed by atoms with Gasteiger partial charge in [-0.05, 0) is 14.0 Å². The molecule has 2 aromatic heterocycles. The molecule has 3 heterocycles. The molecule has 1 aliphatic rings. The van der Waals surface area contributed by atoms with Crippen LogP contribution in [0.1, 0.15) is 18.3 Å². The summed E-state index contributed by atoms with van der Waals surface area (Å²) in [6.07, 6.45) is 0.135. The van der Waals surface area contributed by atoms with Gasteiger partial charge in [0.1, 0.15) is 0 Å². The number of esters is 1. The van der Waals surface area contributed by atoms with Crippen molar-refractivity contribution in [2.24, 2.45) is 0 Å². The fraction of sp³-hybridized carbons (Fsp3) is 0.500. The average Bonchev–Trinajstić information content (AvgIpc) is 3.31. The third-order valence-corrected chi connectivity index (χ3v) is 5.94. The lowest BCUT2D eigenvalue weighted by Gasteiger charge is -2.32. The van der Waals surface area contributed by atoms with Crippen LogP contribution in [0.2, 0.25) is 0 Å². The quantitative estimate of drug-likeness (QED) is 0.614. The molecule has 1 saturated heterocycles.